The highest BCUT2D eigenvalue weighted by Gasteiger charge is 2.06. The minimum Gasteiger partial charge on any atom is -0.329 e. The molecule has 0 bridgehead atoms. The molecule has 0 fully saturated rings. The van der Waals surface area contributed by atoms with E-state index in [1.54, 1.807) is 0 Å². The fraction of sp³-hybridized carbons (Fsp3) is 0.250. The van der Waals surface area contributed by atoms with Crippen LogP contribution >= 0.6 is 12.2 Å². The third-order valence-corrected chi connectivity index (χ3v) is 3.85. The summed E-state index contributed by atoms with van der Waals surface area (Å²) in [6.07, 6.45) is 1.06. The van der Waals surface area contributed by atoms with E-state index in [0.29, 0.717) is 0 Å². The second kappa shape index (κ2) is 5.21. The van der Waals surface area contributed by atoms with E-state index in [1.165, 1.54) is 11.1 Å². The molecule has 0 spiro atoms. The molecule has 0 atom stereocenters. The number of hydrogen-bond donors (Lipinski definition) is 1. The van der Waals surface area contributed by atoms with Gasteiger partial charge in [0.15, 0.2) is 10.4 Å². The van der Waals surface area contributed by atoms with Crippen LogP contribution in [0.1, 0.15) is 23.7 Å². The molecule has 3 aromatic rings. The summed E-state index contributed by atoms with van der Waals surface area (Å²) in [7, 11) is 0. The zero-order chi connectivity index (χ0) is 14.1. The van der Waals surface area contributed by atoms with Gasteiger partial charge in [-0.2, -0.15) is 0 Å². The quantitative estimate of drug-likeness (QED) is 0.737. The Labute approximate surface area is 123 Å². The minimum absolute atomic E-state index is 0.720. The van der Waals surface area contributed by atoms with Gasteiger partial charge in [0, 0.05) is 5.69 Å². The smallest absolute Gasteiger partial charge is 0.179 e. The highest BCUT2D eigenvalue weighted by molar-refractivity contribution is 7.71. The molecule has 0 aliphatic rings. The summed E-state index contributed by atoms with van der Waals surface area (Å²) < 4.78 is 2.77. The molecular formula is C16H17N3S. The predicted molar refractivity (Wildman–Crippen MR) is 84.6 cm³/mol. The standard InChI is InChI=1S/C16H17N3S/c1-3-12-5-7-13(8-6-12)10-19-15-14(18-16(19)20)9-4-11(2)17-15/h4-9H,3,10H2,1-2H3,(H,18,20). The maximum absolute atomic E-state index is 5.41. The third-order valence-electron chi connectivity index (χ3n) is 3.53. The van der Waals surface area contributed by atoms with E-state index >= 15 is 0 Å². The number of aryl methyl sites for hydroxylation is 2. The Morgan fingerprint density at radius 1 is 1.10 bits per heavy atom. The summed E-state index contributed by atoms with van der Waals surface area (Å²) in [6, 6.07) is 12.7. The van der Waals surface area contributed by atoms with Crippen LogP contribution in [0.4, 0.5) is 0 Å². The Balaban J connectivity index is 2.03. The fourth-order valence-electron chi connectivity index (χ4n) is 2.33. The van der Waals surface area contributed by atoms with E-state index in [-0.39, 0.29) is 0 Å². The molecule has 0 radical (unpaired) electrons. The molecule has 0 saturated carbocycles. The average Bonchev–Trinajstić information content (AvgIpc) is 2.76. The van der Waals surface area contributed by atoms with E-state index in [0.717, 1.165) is 34.6 Å². The molecule has 4 heteroatoms. The van der Waals surface area contributed by atoms with Crippen molar-refractivity contribution in [1.82, 2.24) is 14.5 Å². The maximum Gasteiger partial charge on any atom is 0.179 e. The molecule has 0 saturated heterocycles. The lowest BCUT2D eigenvalue weighted by atomic mass is 10.1. The van der Waals surface area contributed by atoms with Crippen LogP contribution in [0.3, 0.4) is 0 Å². The van der Waals surface area contributed by atoms with Gasteiger partial charge in [-0.1, -0.05) is 31.2 Å². The lowest BCUT2D eigenvalue weighted by Gasteiger charge is -2.05. The Hall–Kier alpha value is -1.94. The Morgan fingerprint density at radius 3 is 2.50 bits per heavy atom. The van der Waals surface area contributed by atoms with Crippen LogP contribution in [0.15, 0.2) is 36.4 Å². The van der Waals surface area contributed by atoms with Crippen molar-refractivity contribution >= 4 is 23.4 Å². The highest BCUT2D eigenvalue weighted by Crippen LogP contribution is 2.15. The molecule has 0 amide bonds. The summed E-state index contributed by atoms with van der Waals surface area (Å²) in [5.74, 6) is 0. The lowest BCUT2D eigenvalue weighted by Crippen LogP contribution is -2.01. The van der Waals surface area contributed by atoms with Gasteiger partial charge >= 0.3 is 0 Å². The van der Waals surface area contributed by atoms with E-state index in [9.17, 15) is 0 Å². The molecule has 3 rings (SSSR count). The van der Waals surface area contributed by atoms with Crippen molar-refractivity contribution in [2.24, 2.45) is 0 Å². The number of hydrogen-bond acceptors (Lipinski definition) is 2. The Bertz CT molecular complexity index is 797. The zero-order valence-electron chi connectivity index (χ0n) is 11.7. The molecule has 2 aromatic heterocycles. The summed E-state index contributed by atoms with van der Waals surface area (Å²) in [5.41, 5.74) is 5.51. The number of H-pyrrole nitrogens is 1. The summed E-state index contributed by atoms with van der Waals surface area (Å²) in [5, 5.41) is 0. The number of aromatic nitrogens is 3. The normalized spacial score (nSPS) is 11.1. The van der Waals surface area contributed by atoms with Crippen LogP contribution in [-0.2, 0) is 13.0 Å². The van der Waals surface area contributed by atoms with Gasteiger partial charge in [0.25, 0.3) is 0 Å². The SMILES string of the molecule is CCc1ccc(Cn2c(=S)[nH]c3ccc(C)nc32)cc1. The van der Waals surface area contributed by atoms with Gasteiger partial charge in [-0.25, -0.2) is 4.98 Å². The van der Waals surface area contributed by atoms with Crippen LogP contribution in [0.2, 0.25) is 0 Å². The number of aromatic amines is 1. The summed E-state index contributed by atoms with van der Waals surface area (Å²) in [6.45, 7) is 4.91. The van der Waals surface area contributed by atoms with Gasteiger partial charge in [0.1, 0.15) is 0 Å². The highest BCUT2D eigenvalue weighted by atomic mass is 32.1. The largest absolute Gasteiger partial charge is 0.329 e. The number of nitrogens with zero attached hydrogens (tertiary/aromatic N) is 2. The Morgan fingerprint density at radius 2 is 1.80 bits per heavy atom. The van der Waals surface area contributed by atoms with E-state index < -0.39 is 0 Å². The maximum atomic E-state index is 5.41. The van der Waals surface area contributed by atoms with Gasteiger partial charge in [-0.15, -0.1) is 0 Å². The first-order valence-corrected chi connectivity index (χ1v) is 7.22. The van der Waals surface area contributed by atoms with E-state index in [2.05, 4.69) is 45.7 Å². The van der Waals surface area contributed by atoms with Crippen LogP contribution in [0, 0.1) is 11.7 Å². The fourth-order valence-corrected chi connectivity index (χ4v) is 2.60. The number of fused-ring (bicyclic) bond motifs is 1. The van der Waals surface area contributed by atoms with Gasteiger partial charge in [-0.3, -0.25) is 4.57 Å². The van der Waals surface area contributed by atoms with Gasteiger partial charge in [-0.05, 0) is 48.8 Å². The Kier molecular flexibility index (Phi) is 3.40. The zero-order valence-corrected chi connectivity index (χ0v) is 12.5. The average molecular weight is 283 g/mol. The molecule has 0 aliphatic carbocycles. The van der Waals surface area contributed by atoms with E-state index in [1.807, 2.05) is 19.1 Å². The second-order valence-electron chi connectivity index (χ2n) is 5.01. The number of imidazole rings is 1. The van der Waals surface area contributed by atoms with Gasteiger partial charge in [0.05, 0.1) is 12.1 Å². The van der Waals surface area contributed by atoms with E-state index in [4.69, 9.17) is 12.2 Å². The number of rotatable bonds is 3. The van der Waals surface area contributed by atoms with Crippen molar-refractivity contribution in [3.05, 3.63) is 58.0 Å². The number of benzene rings is 1. The lowest BCUT2D eigenvalue weighted by molar-refractivity contribution is 0.798. The molecule has 0 aliphatic heterocycles. The molecular weight excluding hydrogens is 266 g/mol. The predicted octanol–water partition coefficient (Wildman–Crippen LogP) is 4.01. The molecule has 1 N–H and O–H groups in total. The van der Waals surface area contributed by atoms with Crippen molar-refractivity contribution < 1.29 is 0 Å². The van der Waals surface area contributed by atoms with Crippen molar-refractivity contribution in [1.29, 1.82) is 0 Å². The molecule has 102 valence electrons. The topological polar surface area (TPSA) is 33.6 Å². The van der Waals surface area contributed by atoms with Crippen molar-refractivity contribution in [2.75, 3.05) is 0 Å². The first-order valence-electron chi connectivity index (χ1n) is 6.81. The molecule has 0 unspecified atom stereocenters. The van der Waals surface area contributed by atoms with Crippen LogP contribution in [0.25, 0.3) is 11.2 Å². The van der Waals surface area contributed by atoms with Crippen LogP contribution in [0.5, 0.6) is 0 Å². The van der Waals surface area contributed by atoms with Crippen LogP contribution in [-0.4, -0.2) is 14.5 Å². The van der Waals surface area contributed by atoms with Gasteiger partial charge < -0.3 is 4.98 Å². The van der Waals surface area contributed by atoms with Crippen molar-refractivity contribution in [2.45, 2.75) is 26.8 Å². The second-order valence-corrected chi connectivity index (χ2v) is 5.40. The van der Waals surface area contributed by atoms with Crippen molar-refractivity contribution in [3.8, 4) is 0 Å². The summed E-state index contributed by atoms with van der Waals surface area (Å²) in [4.78, 5) is 7.80. The molecule has 1 aromatic carbocycles. The van der Waals surface area contributed by atoms with Gasteiger partial charge in [0.2, 0.25) is 0 Å². The molecule has 3 nitrogen and oxygen atoms in total. The first kappa shape index (κ1) is 13.1. The number of pyridine rings is 1. The summed E-state index contributed by atoms with van der Waals surface area (Å²) >= 11 is 5.41. The van der Waals surface area contributed by atoms with Crippen molar-refractivity contribution in [3.63, 3.8) is 0 Å². The molecule has 20 heavy (non-hydrogen) atoms. The van der Waals surface area contributed by atoms with Crippen LogP contribution < -0.4 is 0 Å². The number of nitrogens with one attached hydrogen (secondary N) is 1. The molecule has 2 heterocycles. The first-order chi connectivity index (χ1) is 9.67. The third kappa shape index (κ3) is 2.39. The monoisotopic (exact) mass is 283 g/mol. The minimum atomic E-state index is 0.720.